The molecule has 2 aromatic carbocycles. The van der Waals surface area contributed by atoms with Gasteiger partial charge in [0, 0.05) is 18.7 Å². The number of rotatable bonds is 8. The number of allylic oxidation sites excluding steroid dienone is 2. The van der Waals surface area contributed by atoms with Crippen molar-refractivity contribution in [2.45, 2.75) is 125 Å². The molecule has 52 heavy (non-hydrogen) atoms. The van der Waals surface area contributed by atoms with Gasteiger partial charge in [0.15, 0.2) is 0 Å². The van der Waals surface area contributed by atoms with E-state index in [9.17, 15) is 14.7 Å². The standard InChI is InChI=1S/C46H64N2O4/c1-41(2)23-25-46(40(51)48-28-27-47-39(50)32-13-15-33(16-14-32)52-30-31-11-9-8-10-12-31)26-24-44(6)34(35(46)29-41)17-18-37-43(5)21-20-38(49)42(3,4)36(43)19-22-45(37,44)7/h8-17,35-38,49H,18-30H2,1-7H3,(H,47,50)(H,48,51)/t35-,36-,37+,38-,43-,44+,45+,46-/m0/s1. The van der Waals surface area contributed by atoms with Crippen molar-refractivity contribution < 1.29 is 19.4 Å². The average Bonchev–Trinajstić information content (AvgIpc) is 3.11. The van der Waals surface area contributed by atoms with E-state index in [1.165, 1.54) is 12.8 Å². The molecule has 4 saturated carbocycles. The highest BCUT2D eigenvalue weighted by Gasteiger charge is 2.69. The molecule has 2 aromatic rings. The number of fused-ring (bicyclic) bond motifs is 7. The van der Waals surface area contributed by atoms with Crippen LogP contribution in [0, 0.1) is 50.2 Å². The van der Waals surface area contributed by atoms with Gasteiger partial charge >= 0.3 is 0 Å². The summed E-state index contributed by atoms with van der Waals surface area (Å²) < 4.78 is 5.88. The third-order valence-electron chi connectivity index (χ3n) is 16.1. The zero-order chi connectivity index (χ0) is 37.2. The van der Waals surface area contributed by atoms with Crippen LogP contribution in [0.25, 0.3) is 0 Å². The van der Waals surface area contributed by atoms with Gasteiger partial charge in [-0.1, -0.05) is 90.4 Å². The molecule has 5 aliphatic carbocycles. The maximum atomic E-state index is 14.5. The number of aliphatic hydroxyl groups is 1. The van der Waals surface area contributed by atoms with Crippen molar-refractivity contribution in [1.82, 2.24) is 10.6 Å². The second-order valence-electron chi connectivity index (χ2n) is 19.6. The first-order valence-corrected chi connectivity index (χ1v) is 20.3. The smallest absolute Gasteiger partial charge is 0.251 e. The second-order valence-corrected chi connectivity index (χ2v) is 19.6. The molecular formula is C46H64N2O4. The predicted octanol–water partition coefficient (Wildman–Crippen LogP) is 9.27. The lowest BCUT2D eigenvalue weighted by Crippen LogP contribution is -2.65. The Hall–Kier alpha value is -3.12. The van der Waals surface area contributed by atoms with E-state index in [2.05, 4.69) is 65.2 Å². The summed E-state index contributed by atoms with van der Waals surface area (Å²) in [4.78, 5) is 27.5. The maximum absolute atomic E-state index is 14.5. The van der Waals surface area contributed by atoms with Crippen molar-refractivity contribution >= 4 is 11.8 Å². The highest BCUT2D eigenvalue weighted by Crippen LogP contribution is 2.75. The molecule has 0 radical (unpaired) electrons. The van der Waals surface area contributed by atoms with E-state index in [1.807, 2.05) is 42.5 Å². The second kappa shape index (κ2) is 13.3. The topological polar surface area (TPSA) is 87.7 Å². The van der Waals surface area contributed by atoms with Crippen molar-refractivity contribution in [2.75, 3.05) is 13.1 Å². The van der Waals surface area contributed by atoms with Crippen LogP contribution >= 0.6 is 0 Å². The molecule has 0 aromatic heterocycles. The summed E-state index contributed by atoms with van der Waals surface area (Å²) in [6.45, 7) is 18.4. The summed E-state index contributed by atoms with van der Waals surface area (Å²) >= 11 is 0. The third kappa shape index (κ3) is 6.03. The molecule has 4 fully saturated rings. The molecule has 2 amide bonds. The lowest BCUT2D eigenvalue weighted by molar-refractivity contribution is -0.203. The molecule has 6 nitrogen and oxygen atoms in total. The molecule has 0 unspecified atom stereocenters. The molecule has 0 aliphatic heterocycles. The summed E-state index contributed by atoms with van der Waals surface area (Å²) in [6, 6.07) is 17.3. The first-order valence-electron chi connectivity index (χ1n) is 20.3. The average molecular weight is 709 g/mol. The summed E-state index contributed by atoms with van der Waals surface area (Å²) in [5.74, 6) is 2.09. The Morgan fingerprint density at radius 1 is 0.788 bits per heavy atom. The summed E-state index contributed by atoms with van der Waals surface area (Å²) in [7, 11) is 0. The SMILES string of the molecule is CC1(C)CC[C@]2(C(=O)NCCNC(=O)c3ccc(OCc4ccccc4)cc3)CC[C@]3(C)C(=CC[C@@H]4[C@@]5(C)CC[C@H](O)C(C)(C)[C@@H]5CC[C@]43C)[C@@H]2C1. The summed E-state index contributed by atoms with van der Waals surface area (Å²) in [5, 5.41) is 17.4. The van der Waals surface area contributed by atoms with Gasteiger partial charge in [-0.05, 0) is 139 Å². The minimum absolute atomic E-state index is 0.0576. The first kappa shape index (κ1) is 37.2. The molecule has 0 bridgehead atoms. The fourth-order valence-electron chi connectivity index (χ4n) is 12.7. The van der Waals surface area contributed by atoms with Crippen molar-refractivity contribution in [3.05, 3.63) is 77.4 Å². The molecule has 0 saturated heterocycles. The van der Waals surface area contributed by atoms with Crippen LogP contribution in [0.1, 0.15) is 129 Å². The number of ether oxygens (including phenoxy) is 1. The van der Waals surface area contributed by atoms with Crippen LogP contribution in [0.15, 0.2) is 66.2 Å². The number of amides is 2. The Labute approximate surface area is 313 Å². The molecule has 5 aliphatic rings. The highest BCUT2D eigenvalue weighted by molar-refractivity contribution is 5.94. The first-order chi connectivity index (χ1) is 24.6. The van der Waals surface area contributed by atoms with E-state index in [0.717, 1.165) is 62.7 Å². The highest BCUT2D eigenvalue weighted by atomic mass is 16.5. The van der Waals surface area contributed by atoms with Crippen molar-refractivity contribution in [1.29, 1.82) is 0 Å². The molecule has 0 spiro atoms. The summed E-state index contributed by atoms with van der Waals surface area (Å²) in [5.41, 5.74) is 3.40. The van der Waals surface area contributed by atoms with E-state index in [4.69, 9.17) is 4.74 Å². The van der Waals surface area contributed by atoms with Gasteiger partial charge in [-0.2, -0.15) is 0 Å². The van der Waals surface area contributed by atoms with Gasteiger partial charge in [0.1, 0.15) is 12.4 Å². The maximum Gasteiger partial charge on any atom is 0.251 e. The van der Waals surface area contributed by atoms with Crippen LogP contribution in [0.5, 0.6) is 5.75 Å². The zero-order valence-electron chi connectivity index (χ0n) is 32.9. The number of benzene rings is 2. The molecule has 282 valence electrons. The molecule has 8 atom stereocenters. The Bertz CT molecular complexity index is 1680. The number of carbonyl (C=O) groups excluding carboxylic acids is 2. The Morgan fingerprint density at radius 3 is 2.21 bits per heavy atom. The van der Waals surface area contributed by atoms with Gasteiger partial charge in [-0.15, -0.1) is 0 Å². The van der Waals surface area contributed by atoms with Crippen molar-refractivity contribution in [3.8, 4) is 5.75 Å². The van der Waals surface area contributed by atoms with Crippen LogP contribution in [0.2, 0.25) is 0 Å². The lowest BCUT2D eigenvalue weighted by atomic mass is 9.33. The Morgan fingerprint density at radius 2 is 1.48 bits per heavy atom. The van der Waals surface area contributed by atoms with Crippen LogP contribution in [-0.4, -0.2) is 36.1 Å². The number of hydrogen-bond acceptors (Lipinski definition) is 4. The van der Waals surface area contributed by atoms with Gasteiger partial charge in [0.2, 0.25) is 5.91 Å². The Balaban J connectivity index is 1.02. The van der Waals surface area contributed by atoms with Crippen LogP contribution in [0.3, 0.4) is 0 Å². The number of carbonyl (C=O) groups is 2. The van der Waals surface area contributed by atoms with Gasteiger partial charge in [0.05, 0.1) is 11.5 Å². The Kier molecular flexibility index (Phi) is 9.53. The van der Waals surface area contributed by atoms with Gasteiger partial charge in [-0.3, -0.25) is 9.59 Å². The predicted molar refractivity (Wildman–Crippen MR) is 208 cm³/mol. The van der Waals surface area contributed by atoms with Gasteiger partial charge in [-0.25, -0.2) is 0 Å². The fraction of sp³-hybridized carbons (Fsp3) is 0.652. The normalized spacial score (nSPS) is 37.2. The quantitative estimate of drug-likeness (QED) is 0.189. The monoisotopic (exact) mass is 708 g/mol. The zero-order valence-corrected chi connectivity index (χ0v) is 32.9. The molecular weight excluding hydrogens is 645 g/mol. The molecule has 0 heterocycles. The lowest BCUT2D eigenvalue weighted by Gasteiger charge is -2.71. The van der Waals surface area contributed by atoms with E-state index < -0.39 is 5.41 Å². The number of aliphatic hydroxyl groups excluding tert-OH is 1. The van der Waals surface area contributed by atoms with E-state index in [-0.39, 0.29) is 50.9 Å². The third-order valence-corrected chi connectivity index (χ3v) is 16.1. The fourth-order valence-corrected chi connectivity index (χ4v) is 12.7. The number of nitrogens with one attached hydrogen (secondary N) is 2. The van der Waals surface area contributed by atoms with E-state index in [0.29, 0.717) is 37.1 Å². The molecule has 6 heteroatoms. The van der Waals surface area contributed by atoms with E-state index >= 15 is 0 Å². The van der Waals surface area contributed by atoms with Crippen molar-refractivity contribution in [3.63, 3.8) is 0 Å². The van der Waals surface area contributed by atoms with Crippen LogP contribution in [0.4, 0.5) is 0 Å². The van der Waals surface area contributed by atoms with E-state index in [1.54, 1.807) is 17.7 Å². The largest absolute Gasteiger partial charge is 0.489 e. The summed E-state index contributed by atoms with van der Waals surface area (Å²) in [6.07, 6.45) is 12.9. The van der Waals surface area contributed by atoms with Crippen molar-refractivity contribution in [2.24, 2.45) is 50.2 Å². The minimum atomic E-state index is -0.401. The molecule has 3 N–H and O–H groups in total. The van der Waals surface area contributed by atoms with Crippen LogP contribution < -0.4 is 15.4 Å². The number of hydrogen-bond donors (Lipinski definition) is 3. The minimum Gasteiger partial charge on any atom is -0.489 e. The van der Waals surface area contributed by atoms with Crippen LogP contribution in [-0.2, 0) is 11.4 Å². The van der Waals surface area contributed by atoms with Gasteiger partial charge in [0.25, 0.3) is 5.91 Å². The molecule has 7 rings (SSSR count). The van der Waals surface area contributed by atoms with Gasteiger partial charge < -0.3 is 20.5 Å².